The van der Waals surface area contributed by atoms with E-state index in [-0.39, 0.29) is 22.7 Å². The Labute approximate surface area is 239 Å². The zero-order valence-corrected chi connectivity index (χ0v) is 24.1. The highest BCUT2D eigenvalue weighted by molar-refractivity contribution is 7.09. The van der Waals surface area contributed by atoms with Crippen LogP contribution in [0, 0.1) is 11.3 Å². The quantitative estimate of drug-likeness (QED) is 0.304. The van der Waals surface area contributed by atoms with E-state index in [9.17, 15) is 4.79 Å². The van der Waals surface area contributed by atoms with E-state index in [4.69, 9.17) is 24.0 Å². The Balaban J connectivity index is 1.14. The number of thiazole rings is 1. The largest absolute Gasteiger partial charge is 0.381 e. The van der Waals surface area contributed by atoms with Gasteiger partial charge in [0.25, 0.3) is 0 Å². The van der Waals surface area contributed by atoms with Crippen LogP contribution < -0.4 is 4.90 Å². The molecule has 1 aromatic carbocycles. The standard InChI is InChI=1S/C31H38N4O4S/c1-37-18-26-32-25(19-40-26)23-3-2-4-24(17-23)35(28(36)22-7-15-38-16-8-22)20-30-9-12-31(13-10-30,14-11-30)29-33-27(34-39-29)21-5-6-21/h2-4,17,19,21-22H,5-16,18,20H2,1H3. The van der Waals surface area contributed by atoms with Gasteiger partial charge in [0.1, 0.15) is 5.01 Å². The van der Waals surface area contributed by atoms with E-state index in [0.717, 1.165) is 91.6 Å². The third-order valence-electron chi connectivity index (χ3n) is 9.84. The molecule has 1 amide bonds. The van der Waals surface area contributed by atoms with Gasteiger partial charge in [-0.1, -0.05) is 17.3 Å². The summed E-state index contributed by atoms with van der Waals surface area (Å²) in [5, 5.41) is 7.36. The molecule has 40 heavy (non-hydrogen) atoms. The van der Waals surface area contributed by atoms with E-state index in [1.807, 2.05) is 0 Å². The van der Waals surface area contributed by atoms with Crippen molar-refractivity contribution in [3.8, 4) is 11.3 Å². The summed E-state index contributed by atoms with van der Waals surface area (Å²) in [6, 6.07) is 8.38. The van der Waals surface area contributed by atoms with E-state index in [1.54, 1.807) is 18.4 Å². The molecular weight excluding hydrogens is 524 g/mol. The second-order valence-corrected chi connectivity index (χ2v) is 13.4. The highest BCUT2D eigenvalue weighted by Crippen LogP contribution is 2.58. The van der Waals surface area contributed by atoms with Gasteiger partial charge in [-0.25, -0.2) is 4.98 Å². The molecule has 3 aromatic rings. The number of aromatic nitrogens is 3. The Bertz CT molecular complexity index is 1330. The van der Waals surface area contributed by atoms with Gasteiger partial charge in [0.05, 0.1) is 12.3 Å². The molecular formula is C31H38N4O4S. The highest BCUT2D eigenvalue weighted by Gasteiger charge is 2.53. The van der Waals surface area contributed by atoms with Gasteiger partial charge in [-0.2, -0.15) is 4.98 Å². The Morgan fingerprint density at radius 2 is 1.85 bits per heavy atom. The van der Waals surface area contributed by atoms with Crippen molar-refractivity contribution in [2.75, 3.05) is 31.8 Å². The van der Waals surface area contributed by atoms with Crippen molar-refractivity contribution in [2.24, 2.45) is 11.3 Å². The summed E-state index contributed by atoms with van der Waals surface area (Å²) in [6.45, 7) is 2.58. The normalized spacial score (nSPS) is 26.7. The van der Waals surface area contributed by atoms with Crippen LogP contribution in [0.15, 0.2) is 34.2 Å². The van der Waals surface area contributed by atoms with Gasteiger partial charge in [0.15, 0.2) is 5.82 Å². The topological polar surface area (TPSA) is 90.6 Å². The van der Waals surface area contributed by atoms with Crippen LogP contribution >= 0.6 is 11.3 Å². The zero-order valence-electron chi connectivity index (χ0n) is 23.3. The molecule has 0 N–H and O–H groups in total. The molecule has 212 valence electrons. The summed E-state index contributed by atoms with van der Waals surface area (Å²) >= 11 is 1.61. The predicted molar refractivity (Wildman–Crippen MR) is 152 cm³/mol. The Kier molecular flexibility index (Phi) is 7.00. The van der Waals surface area contributed by atoms with Crippen molar-refractivity contribution in [3.63, 3.8) is 0 Å². The average Bonchev–Trinajstić information content (AvgIpc) is 3.53. The van der Waals surface area contributed by atoms with Crippen molar-refractivity contribution in [1.29, 1.82) is 0 Å². The molecule has 1 saturated heterocycles. The van der Waals surface area contributed by atoms with Gasteiger partial charge in [-0.3, -0.25) is 4.79 Å². The maximum absolute atomic E-state index is 14.1. The van der Waals surface area contributed by atoms with Crippen molar-refractivity contribution < 1.29 is 18.8 Å². The van der Waals surface area contributed by atoms with Crippen LogP contribution in [0.25, 0.3) is 11.3 Å². The van der Waals surface area contributed by atoms with Crippen LogP contribution in [0.5, 0.6) is 0 Å². The van der Waals surface area contributed by atoms with Gasteiger partial charge in [-0.15, -0.1) is 11.3 Å². The molecule has 0 atom stereocenters. The summed E-state index contributed by atoms with van der Waals surface area (Å²) in [5.74, 6) is 2.53. The third kappa shape index (κ3) is 5.01. The van der Waals surface area contributed by atoms with Crippen LogP contribution in [-0.4, -0.2) is 47.9 Å². The number of carbonyl (C=O) groups is 1. The first-order valence-electron chi connectivity index (χ1n) is 14.8. The lowest BCUT2D eigenvalue weighted by molar-refractivity contribution is -0.126. The first-order valence-corrected chi connectivity index (χ1v) is 15.7. The molecule has 3 heterocycles. The number of ether oxygens (including phenoxy) is 2. The molecule has 5 fully saturated rings. The zero-order chi connectivity index (χ0) is 27.2. The molecule has 9 heteroatoms. The van der Waals surface area contributed by atoms with Crippen LogP contribution in [0.4, 0.5) is 5.69 Å². The Morgan fingerprint density at radius 3 is 2.58 bits per heavy atom. The molecule has 2 aromatic heterocycles. The minimum absolute atomic E-state index is 0.00638. The lowest BCUT2D eigenvalue weighted by Crippen LogP contribution is -2.52. The van der Waals surface area contributed by atoms with Gasteiger partial charge < -0.3 is 18.9 Å². The monoisotopic (exact) mass is 562 g/mol. The third-order valence-corrected chi connectivity index (χ3v) is 10.7. The van der Waals surface area contributed by atoms with Crippen molar-refractivity contribution in [3.05, 3.63) is 46.4 Å². The highest BCUT2D eigenvalue weighted by atomic mass is 32.1. The Hall–Kier alpha value is -2.62. The van der Waals surface area contributed by atoms with Gasteiger partial charge in [0.2, 0.25) is 11.8 Å². The number of hydrogen-bond acceptors (Lipinski definition) is 8. The fraction of sp³-hybridized carbons (Fsp3) is 0.613. The molecule has 4 aliphatic carbocycles. The summed E-state index contributed by atoms with van der Waals surface area (Å²) in [5.41, 5.74) is 3.07. The molecule has 2 bridgehead atoms. The first-order chi connectivity index (χ1) is 19.6. The number of methoxy groups -OCH3 is 1. The fourth-order valence-corrected chi connectivity index (χ4v) is 7.82. The van der Waals surface area contributed by atoms with E-state index in [0.29, 0.717) is 25.7 Å². The first kappa shape index (κ1) is 26.3. The van der Waals surface area contributed by atoms with Crippen LogP contribution in [0.1, 0.15) is 86.8 Å². The maximum Gasteiger partial charge on any atom is 0.232 e. The fourth-order valence-electron chi connectivity index (χ4n) is 7.04. The van der Waals surface area contributed by atoms with E-state index < -0.39 is 0 Å². The lowest BCUT2D eigenvalue weighted by Gasteiger charge is -2.53. The van der Waals surface area contributed by atoms with E-state index in [1.165, 1.54) is 12.8 Å². The molecule has 8 rings (SSSR count). The van der Waals surface area contributed by atoms with E-state index in [2.05, 4.69) is 39.7 Å². The number of anilines is 1. The molecule has 0 radical (unpaired) electrons. The van der Waals surface area contributed by atoms with Crippen LogP contribution in [0.2, 0.25) is 0 Å². The van der Waals surface area contributed by atoms with Gasteiger partial charge in [-0.05, 0) is 81.8 Å². The molecule has 0 unspecified atom stereocenters. The summed E-state index contributed by atoms with van der Waals surface area (Å²) in [4.78, 5) is 25.9. The Morgan fingerprint density at radius 1 is 1.07 bits per heavy atom. The second-order valence-electron chi connectivity index (χ2n) is 12.4. The number of benzene rings is 1. The predicted octanol–water partition coefficient (Wildman–Crippen LogP) is 6.27. The van der Waals surface area contributed by atoms with Crippen molar-refractivity contribution >= 4 is 22.9 Å². The minimum Gasteiger partial charge on any atom is -0.381 e. The SMILES string of the molecule is COCc1nc(-c2cccc(N(CC34CCC(c5nc(C6CC6)no5)(CC3)CC4)C(=O)C3CCOCC3)c2)cs1. The van der Waals surface area contributed by atoms with Crippen molar-refractivity contribution in [2.45, 2.75) is 82.1 Å². The number of rotatable bonds is 9. The van der Waals surface area contributed by atoms with Gasteiger partial charge >= 0.3 is 0 Å². The van der Waals surface area contributed by atoms with Gasteiger partial charge in [0, 0.05) is 60.8 Å². The van der Waals surface area contributed by atoms with Crippen LogP contribution in [0.3, 0.4) is 0 Å². The summed E-state index contributed by atoms with van der Waals surface area (Å²) in [6.07, 6.45) is 10.4. The number of carbonyl (C=O) groups excluding carboxylic acids is 1. The lowest BCUT2D eigenvalue weighted by atomic mass is 9.53. The summed E-state index contributed by atoms with van der Waals surface area (Å²) in [7, 11) is 1.69. The number of fused-ring (bicyclic) bond motifs is 3. The number of nitrogens with zero attached hydrogens (tertiary/aromatic N) is 4. The van der Waals surface area contributed by atoms with E-state index >= 15 is 0 Å². The number of amides is 1. The van der Waals surface area contributed by atoms with Crippen LogP contribution in [-0.2, 0) is 26.3 Å². The minimum atomic E-state index is 0.00638. The molecule has 4 saturated carbocycles. The second kappa shape index (κ2) is 10.7. The average molecular weight is 563 g/mol. The van der Waals surface area contributed by atoms with Crippen molar-refractivity contribution in [1.82, 2.24) is 15.1 Å². The number of hydrogen-bond donors (Lipinski definition) is 0. The summed E-state index contributed by atoms with van der Waals surface area (Å²) < 4.78 is 16.7. The maximum atomic E-state index is 14.1. The molecule has 8 nitrogen and oxygen atoms in total. The molecule has 5 aliphatic rings. The molecule has 1 aliphatic heterocycles. The smallest absolute Gasteiger partial charge is 0.232 e. The molecule has 0 spiro atoms.